The van der Waals surface area contributed by atoms with Gasteiger partial charge in [0.1, 0.15) is 0 Å². The zero-order valence-electron chi connectivity index (χ0n) is 9.91. The molecular weight excluding hydrogens is 186 g/mol. The van der Waals surface area contributed by atoms with Gasteiger partial charge in [-0.25, -0.2) is 0 Å². The Bertz CT molecular complexity index is 229. The molecule has 2 heterocycles. The summed E-state index contributed by atoms with van der Waals surface area (Å²) >= 11 is 0. The summed E-state index contributed by atoms with van der Waals surface area (Å²) in [7, 11) is 0. The van der Waals surface area contributed by atoms with Gasteiger partial charge in [-0.15, -0.1) is 6.58 Å². The Morgan fingerprint density at radius 1 is 1.47 bits per heavy atom. The van der Waals surface area contributed by atoms with Crippen molar-refractivity contribution in [1.29, 1.82) is 0 Å². The Kier molecular flexibility index (Phi) is 3.47. The summed E-state index contributed by atoms with van der Waals surface area (Å²) in [5.74, 6) is 0.668. The number of hydrogen-bond acceptors (Lipinski definition) is 2. The first-order valence-corrected chi connectivity index (χ1v) is 6.23. The zero-order chi connectivity index (χ0) is 10.8. The van der Waals surface area contributed by atoms with E-state index in [1.165, 1.54) is 19.3 Å². The van der Waals surface area contributed by atoms with Crippen LogP contribution in [-0.2, 0) is 4.74 Å². The van der Waals surface area contributed by atoms with E-state index in [0.717, 1.165) is 6.42 Å². The van der Waals surface area contributed by atoms with E-state index >= 15 is 0 Å². The van der Waals surface area contributed by atoms with E-state index in [1.54, 1.807) is 0 Å². The van der Waals surface area contributed by atoms with Crippen LogP contribution in [0.2, 0.25) is 0 Å². The van der Waals surface area contributed by atoms with Crippen molar-refractivity contribution in [2.45, 2.75) is 63.8 Å². The van der Waals surface area contributed by atoms with E-state index in [9.17, 15) is 0 Å². The highest BCUT2D eigenvalue weighted by atomic mass is 16.5. The van der Waals surface area contributed by atoms with Gasteiger partial charge < -0.3 is 10.1 Å². The third-order valence-corrected chi connectivity index (χ3v) is 3.97. The van der Waals surface area contributed by atoms with Gasteiger partial charge in [0.15, 0.2) is 0 Å². The van der Waals surface area contributed by atoms with Crippen molar-refractivity contribution in [1.82, 2.24) is 5.32 Å². The molecule has 0 aromatic rings. The molecule has 2 bridgehead atoms. The average Bonchev–Trinajstić information content (AvgIpc) is 2.79. The monoisotopic (exact) mass is 209 g/mol. The number of nitrogens with one attached hydrogen (secondary N) is 1. The largest absolute Gasteiger partial charge is 0.373 e. The molecule has 5 atom stereocenters. The minimum absolute atomic E-state index is 0.494. The summed E-state index contributed by atoms with van der Waals surface area (Å²) in [5.41, 5.74) is 0. The number of allylic oxidation sites excluding steroid dienone is 1. The van der Waals surface area contributed by atoms with Crippen molar-refractivity contribution < 1.29 is 4.74 Å². The highest BCUT2D eigenvalue weighted by molar-refractivity contribution is 4.95. The van der Waals surface area contributed by atoms with Gasteiger partial charge in [0.05, 0.1) is 12.2 Å². The van der Waals surface area contributed by atoms with Crippen LogP contribution in [0.3, 0.4) is 0 Å². The molecule has 0 saturated carbocycles. The van der Waals surface area contributed by atoms with Crippen LogP contribution in [0.1, 0.15) is 39.5 Å². The van der Waals surface area contributed by atoms with Gasteiger partial charge in [-0.2, -0.15) is 0 Å². The predicted octanol–water partition coefficient (Wildman–Crippen LogP) is 2.50. The van der Waals surface area contributed by atoms with Crippen molar-refractivity contribution in [3.05, 3.63) is 12.7 Å². The van der Waals surface area contributed by atoms with Crippen LogP contribution in [0.15, 0.2) is 12.7 Å². The van der Waals surface area contributed by atoms with Crippen LogP contribution < -0.4 is 5.32 Å². The SMILES string of the molecule is C=CCC(C)C(C)NC1CC2CCC1O2. The van der Waals surface area contributed by atoms with E-state index in [4.69, 9.17) is 4.74 Å². The van der Waals surface area contributed by atoms with Crippen molar-refractivity contribution in [3.8, 4) is 0 Å². The molecule has 2 aliphatic heterocycles. The van der Waals surface area contributed by atoms with E-state index in [1.807, 2.05) is 6.08 Å². The molecule has 2 saturated heterocycles. The van der Waals surface area contributed by atoms with E-state index in [-0.39, 0.29) is 0 Å². The molecule has 1 N–H and O–H groups in total. The second-order valence-corrected chi connectivity index (χ2v) is 5.17. The highest BCUT2D eigenvalue weighted by Gasteiger charge is 2.41. The fourth-order valence-corrected chi connectivity index (χ4v) is 2.78. The molecule has 0 spiro atoms. The predicted molar refractivity (Wildman–Crippen MR) is 62.9 cm³/mol. The third kappa shape index (κ3) is 2.43. The van der Waals surface area contributed by atoms with Gasteiger partial charge in [-0.1, -0.05) is 13.0 Å². The molecule has 15 heavy (non-hydrogen) atoms. The fraction of sp³-hybridized carbons (Fsp3) is 0.846. The van der Waals surface area contributed by atoms with E-state index in [0.29, 0.717) is 30.2 Å². The molecule has 0 aliphatic carbocycles. The van der Waals surface area contributed by atoms with Crippen LogP contribution >= 0.6 is 0 Å². The Hall–Kier alpha value is -0.340. The minimum Gasteiger partial charge on any atom is -0.373 e. The van der Waals surface area contributed by atoms with Gasteiger partial charge in [-0.3, -0.25) is 0 Å². The van der Waals surface area contributed by atoms with Crippen LogP contribution in [0.4, 0.5) is 0 Å². The summed E-state index contributed by atoms with van der Waals surface area (Å²) in [6.07, 6.45) is 7.90. The van der Waals surface area contributed by atoms with Crippen LogP contribution in [-0.4, -0.2) is 24.3 Å². The van der Waals surface area contributed by atoms with Crippen molar-refractivity contribution >= 4 is 0 Å². The average molecular weight is 209 g/mol. The quantitative estimate of drug-likeness (QED) is 0.702. The van der Waals surface area contributed by atoms with Crippen LogP contribution in [0.25, 0.3) is 0 Å². The van der Waals surface area contributed by atoms with Gasteiger partial charge in [-0.05, 0) is 38.5 Å². The lowest BCUT2D eigenvalue weighted by Gasteiger charge is -2.27. The molecule has 2 rings (SSSR count). The maximum absolute atomic E-state index is 5.84. The van der Waals surface area contributed by atoms with Gasteiger partial charge in [0, 0.05) is 12.1 Å². The molecule has 0 amide bonds. The topological polar surface area (TPSA) is 21.3 Å². The fourth-order valence-electron chi connectivity index (χ4n) is 2.78. The third-order valence-electron chi connectivity index (χ3n) is 3.97. The Morgan fingerprint density at radius 3 is 2.80 bits per heavy atom. The maximum Gasteiger partial charge on any atom is 0.0733 e. The first kappa shape index (κ1) is 11.2. The normalized spacial score (nSPS) is 37.9. The standard InChI is InChI=1S/C13H23NO/c1-4-5-9(2)10(3)14-12-8-11-6-7-13(12)15-11/h4,9-14H,1,5-8H2,2-3H3. The minimum atomic E-state index is 0.494. The Balaban J connectivity index is 1.79. The second-order valence-electron chi connectivity index (χ2n) is 5.17. The lowest BCUT2D eigenvalue weighted by atomic mass is 9.92. The number of rotatable bonds is 5. The smallest absolute Gasteiger partial charge is 0.0733 e. The van der Waals surface area contributed by atoms with Gasteiger partial charge in [0.25, 0.3) is 0 Å². The first-order valence-electron chi connectivity index (χ1n) is 6.23. The summed E-state index contributed by atoms with van der Waals surface area (Å²) < 4.78 is 5.84. The lowest BCUT2D eigenvalue weighted by molar-refractivity contribution is 0.0952. The summed E-state index contributed by atoms with van der Waals surface area (Å²) in [6.45, 7) is 8.36. The highest BCUT2D eigenvalue weighted by Crippen LogP contribution is 2.34. The summed E-state index contributed by atoms with van der Waals surface area (Å²) in [4.78, 5) is 0. The molecule has 5 unspecified atom stereocenters. The Labute approximate surface area is 93.1 Å². The van der Waals surface area contributed by atoms with E-state index < -0.39 is 0 Å². The molecule has 2 heteroatoms. The maximum atomic E-state index is 5.84. The molecular formula is C13H23NO. The second kappa shape index (κ2) is 4.67. The van der Waals surface area contributed by atoms with Crippen LogP contribution in [0.5, 0.6) is 0 Å². The van der Waals surface area contributed by atoms with Crippen molar-refractivity contribution in [2.75, 3.05) is 0 Å². The van der Waals surface area contributed by atoms with Crippen molar-refractivity contribution in [2.24, 2.45) is 5.92 Å². The number of hydrogen-bond donors (Lipinski definition) is 1. The molecule has 0 aromatic heterocycles. The van der Waals surface area contributed by atoms with Crippen LogP contribution in [0, 0.1) is 5.92 Å². The van der Waals surface area contributed by atoms with Gasteiger partial charge in [0.2, 0.25) is 0 Å². The number of fused-ring (bicyclic) bond motifs is 2. The lowest BCUT2D eigenvalue weighted by Crippen LogP contribution is -2.45. The molecule has 2 nitrogen and oxygen atoms in total. The molecule has 2 aliphatic rings. The van der Waals surface area contributed by atoms with E-state index in [2.05, 4.69) is 25.7 Å². The summed E-state index contributed by atoms with van der Waals surface area (Å²) in [6, 6.07) is 1.17. The zero-order valence-corrected chi connectivity index (χ0v) is 9.91. The van der Waals surface area contributed by atoms with Gasteiger partial charge >= 0.3 is 0 Å². The first-order chi connectivity index (χ1) is 7.20. The van der Waals surface area contributed by atoms with Crippen molar-refractivity contribution in [3.63, 3.8) is 0 Å². The molecule has 0 aromatic carbocycles. The summed E-state index contributed by atoms with van der Waals surface area (Å²) in [5, 5.41) is 3.72. The molecule has 86 valence electrons. The number of ether oxygens (including phenoxy) is 1. The molecule has 2 fully saturated rings. The Morgan fingerprint density at radius 2 is 2.27 bits per heavy atom. The molecule has 0 radical (unpaired) electrons.